The van der Waals surface area contributed by atoms with Crippen LogP contribution in [0, 0.1) is 0 Å². The van der Waals surface area contributed by atoms with E-state index in [1.807, 2.05) is 0 Å². The number of amides is 1. The van der Waals surface area contributed by atoms with Gasteiger partial charge < -0.3 is 20.1 Å². The average Bonchev–Trinajstić information content (AvgIpc) is 3.15. The highest BCUT2D eigenvalue weighted by molar-refractivity contribution is 6.03. The summed E-state index contributed by atoms with van der Waals surface area (Å²) in [5.74, 6) is -2.15. The summed E-state index contributed by atoms with van der Waals surface area (Å²) in [6.07, 6.45) is 1.06. The Balaban J connectivity index is 1.84. The maximum absolute atomic E-state index is 12.5. The van der Waals surface area contributed by atoms with Crippen molar-refractivity contribution in [3.63, 3.8) is 0 Å². The van der Waals surface area contributed by atoms with Gasteiger partial charge >= 0.3 is 11.9 Å². The minimum atomic E-state index is -0.891. The van der Waals surface area contributed by atoms with Crippen LogP contribution in [0.25, 0.3) is 0 Å². The number of anilines is 2. The SMILES string of the molecule is COC(=O)c1cc(NC(=O)C2CC(=O)n3ncnc3N2)cc(C(=O)OC)c1. The van der Waals surface area contributed by atoms with Gasteiger partial charge in [-0.15, -0.1) is 0 Å². The molecule has 1 aromatic carbocycles. The van der Waals surface area contributed by atoms with Crippen LogP contribution in [-0.2, 0) is 14.3 Å². The number of fused-ring (bicyclic) bond motifs is 1. The molecule has 0 fully saturated rings. The van der Waals surface area contributed by atoms with E-state index in [2.05, 4.69) is 30.2 Å². The third-order valence-electron chi connectivity index (χ3n) is 3.83. The van der Waals surface area contributed by atoms with Crippen LogP contribution in [0.1, 0.15) is 31.9 Å². The lowest BCUT2D eigenvalue weighted by molar-refractivity contribution is -0.117. The molecule has 2 N–H and O–H groups in total. The van der Waals surface area contributed by atoms with Gasteiger partial charge in [-0.05, 0) is 18.2 Å². The van der Waals surface area contributed by atoms with E-state index in [0.717, 1.165) is 4.68 Å². The molecule has 1 aliphatic heterocycles. The first-order chi connectivity index (χ1) is 12.9. The smallest absolute Gasteiger partial charge is 0.337 e. The number of rotatable bonds is 4. The van der Waals surface area contributed by atoms with Crippen molar-refractivity contribution >= 4 is 35.4 Å². The van der Waals surface area contributed by atoms with Gasteiger partial charge in [0.05, 0.1) is 31.8 Å². The Bertz CT molecular complexity index is 903. The van der Waals surface area contributed by atoms with E-state index in [4.69, 9.17) is 0 Å². The second-order valence-corrected chi connectivity index (χ2v) is 5.56. The largest absolute Gasteiger partial charge is 0.465 e. The summed E-state index contributed by atoms with van der Waals surface area (Å²) in [6, 6.07) is 3.10. The Morgan fingerprint density at radius 1 is 1.15 bits per heavy atom. The number of hydrogen-bond acceptors (Lipinski definition) is 9. The monoisotopic (exact) mass is 373 g/mol. The molecule has 1 amide bonds. The number of aromatic nitrogens is 3. The van der Waals surface area contributed by atoms with E-state index in [1.54, 1.807) is 0 Å². The van der Waals surface area contributed by atoms with Crippen molar-refractivity contribution in [2.45, 2.75) is 12.5 Å². The van der Waals surface area contributed by atoms with Crippen LogP contribution >= 0.6 is 0 Å². The molecule has 1 aliphatic rings. The lowest BCUT2D eigenvalue weighted by atomic mass is 10.1. The molecule has 0 radical (unpaired) electrons. The van der Waals surface area contributed by atoms with Gasteiger partial charge in [0.1, 0.15) is 12.4 Å². The van der Waals surface area contributed by atoms with Crippen molar-refractivity contribution in [2.75, 3.05) is 24.9 Å². The summed E-state index contributed by atoms with van der Waals surface area (Å²) in [7, 11) is 2.39. The van der Waals surface area contributed by atoms with Crippen molar-refractivity contribution in [2.24, 2.45) is 0 Å². The molecule has 1 aromatic heterocycles. The van der Waals surface area contributed by atoms with Crippen molar-refractivity contribution in [3.8, 4) is 0 Å². The van der Waals surface area contributed by atoms with Gasteiger partial charge in [-0.3, -0.25) is 9.59 Å². The zero-order chi connectivity index (χ0) is 19.6. The molecule has 1 unspecified atom stereocenters. The molecule has 0 saturated carbocycles. The summed E-state index contributed by atoms with van der Waals surface area (Å²) in [5, 5.41) is 9.12. The Kier molecular flexibility index (Phi) is 4.83. The summed E-state index contributed by atoms with van der Waals surface area (Å²) < 4.78 is 10.4. The number of benzene rings is 1. The zero-order valence-electron chi connectivity index (χ0n) is 14.4. The fourth-order valence-corrected chi connectivity index (χ4v) is 2.55. The first-order valence-corrected chi connectivity index (χ1v) is 7.75. The Morgan fingerprint density at radius 2 is 1.78 bits per heavy atom. The van der Waals surface area contributed by atoms with Crippen LogP contribution in [0.3, 0.4) is 0 Å². The molecule has 2 aromatic rings. The van der Waals surface area contributed by atoms with E-state index in [-0.39, 0.29) is 35.1 Å². The van der Waals surface area contributed by atoms with Crippen LogP contribution in [0.15, 0.2) is 24.5 Å². The molecule has 2 heterocycles. The quantitative estimate of drug-likeness (QED) is 0.724. The number of carbonyl (C=O) groups is 4. The second kappa shape index (κ2) is 7.23. The molecule has 0 saturated heterocycles. The fourth-order valence-electron chi connectivity index (χ4n) is 2.55. The van der Waals surface area contributed by atoms with Gasteiger partial charge in [0, 0.05) is 5.69 Å². The third-order valence-corrected chi connectivity index (χ3v) is 3.83. The predicted octanol–water partition coefficient (Wildman–Crippen LogP) is 0.314. The molecule has 0 aliphatic carbocycles. The molecule has 140 valence electrons. The summed E-state index contributed by atoms with van der Waals surface area (Å²) in [5.41, 5.74) is 0.288. The minimum Gasteiger partial charge on any atom is -0.465 e. The minimum absolute atomic E-state index is 0.0584. The van der Waals surface area contributed by atoms with Gasteiger partial charge in [-0.25, -0.2) is 9.59 Å². The Hall–Kier alpha value is -3.76. The normalized spacial score (nSPS) is 15.3. The average molecular weight is 373 g/mol. The highest BCUT2D eigenvalue weighted by Gasteiger charge is 2.31. The van der Waals surface area contributed by atoms with Crippen molar-refractivity contribution in [1.82, 2.24) is 14.8 Å². The molecule has 11 heteroatoms. The van der Waals surface area contributed by atoms with Crippen LogP contribution in [0.4, 0.5) is 11.6 Å². The number of ether oxygens (including phenoxy) is 2. The first-order valence-electron chi connectivity index (χ1n) is 7.75. The van der Waals surface area contributed by atoms with Crippen LogP contribution < -0.4 is 10.6 Å². The van der Waals surface area contributed by atoms with Crippen LogP contribution in [0.2, 0.25) is 0 Å². The summed E-state index contributed by atoms with van der Waals surface area (Å²) >= 11 is 0. The van der Waals surface area contributed by atoms with Crippen molar-refractivity contribution < 1.29 is 28.7 Å². The van der Waals surface area contributed by atoms with E-state index in [0.29, 0.717) is 0 Å². The highest BCUT2D eigenvalue weighted by atomic mass is 16.5. The molecule has 3 rings (SSSR count). The van der Waals surface area contributed by atoms with E-state index >= 15 is 0 Å². The third kappa shape index (κ3) is 3.61. The molecule has 11 nitrogen and oxygen atoms in total. The highest BCUT2D eigenvalue weighted by Crippen LogP contribution is 2.19. The lowest BCUT2D eigenvalue weighted by Crippen LogP contribution is -2.42. The van der Waals surface area contributed by atoms with Gasteiger partial charge in [-0.1, -0.05) is 0 Å². The van der Waals surface area contributed by atoms with Crippen LogP contribution in [-0.4, -0.2) is 58.8 Å². The van der Waals surface area contributed by atoms with Crippen LogP contribution in [0.5, 0.6) is 0 Å². The van der Waals surface area contributed by atoms with Gasteiger partial charge in [0.2, 0.25) is 11.9 Å². The van der Waals surface area contributed by atoms with Crippen molar-refractivity contribution in [3.05, 3.63) is 35.7 Å². The van der Waals surface area contributed by atoms with Crippen molar-refractivity contribution in [1.29, 1.82) is 0 Å². The Labute approximate surface area is 152 Å². The van der Waals surface area contributed by atoms with E-state index in [1.165, 1.54) is 38.7 Å². The number of nitrogens with one attached hydrogen (secondary N) is 2. The maximum atomic E-state index is 12.5. The molecule has 27 heavy (non-hydrogen) atoms. The zero-order valence-corrected chi connectivity index (χ0v) is 14.4. The molecule has 0 bridgehead atoms. The fraction of sp³-hybridized carbons (Fsp3) is 0.250. The molecular formula is C16H15N5O6. The Morgan fingerprint density at radius 3 is 2.37 bits per heavy atom. The molecule has 1 atom stereocenters. The van der Waals surface area contributed by atoms with E-state index in [9.17, 15) is 19.2 Å². The summed E-state index contributed by atoms with van der Waals surface area (Å²) in [4.78, 5) is 52.0. The number of methoxy groups -OCH3 is 2. The topological polar surface area (TPSA) is 142 Å². The molecule has 0 spiro atoms. The number of hydrogen-bond donors (Lipinski definition) is 2. The maximum Gasteiger partial charge on any atom is 0.337 e. The second-order valence-electron chi connectivity index (χ2n) is 5.56. The number of carbonyl (C=O) groups excluding carboxylic acids is 4. The van der Waals surface area contributed by atoms with Gasteiger partial charge in [-0.2, -0.15) is 14.8 Å². The van der Waals surface area contributed by atoms with Gasteiger partial charge in [0.15, 0.2) is 0 Å². The number of esters is 2. The molecular weight excluding hydrogens is 358 g/mol. The number of nitrogens with zero attached hydrogens (tertiary/aromatic N) is 3. The lowest BCUT2D eigenvalue weighted by Gasteiger charge is -2.22. The summed E-state index contributed by atoms with van der Waals surface area (Å²) in [6.45, 7) is 0. The first kappa shape index (κ1) is 18.0. The van der Waals surface area contributed by atoms with E-state index < -0.39 is 23.9 Å². The van der Waals surface area contributed by atoms with Gasteiger partial charge in [0.25, 0.3) is 5.91 Å². The standard InChI is InChI=1S/C16H15N5O6/c1-26-14(24)8-3-9(15(25)27-2)5-10(4-8)19-13(23)11-6-12(22)21-16(20-11)17-7-18-21/h3-5,7,11H,6H2,1-2H3,(H,19,23)(H,17,18,20). The predicted molar refractivity (Wildman–Crippen MR) is 90.4 cm³/mol.